The van der Waals surface area contributed by atoms with Crippen molar-refractivity contribution in [2.75, 3.05) is 28.2 Å². The molecule has 0 amide bonds. The molecule has 0 heterocycles. The number of guanidine groups is 1. The van der Waals surface area contributed by atoms with E-state index in [4.69, 9.17) is 4.99 Å². The van der Waals surface area contributed by atoms with E-state index in [2.05, 4.69) is 37.5 Å². The van der Waals surface area contributed by atoms with Crippen LogP contribution < -0.4 is 0 Å². The first kappa shape index (κ1) is 12.3. The summed E-state index contributed by atoms with van der Waals surface area (Å²) in [6, 6.07) is 0.435. The normalized spacial score (nSPS) is 22.1. The minimum atomic E-state index is 0.324. The monoisotopic (exact) mass is 211 g/mol. The van der Waals surface area contributed by atoms with E-state index in [-0.39, 0.29) is 0 Å². The minimum Gasteiger partial charge on any atom is -0.349 e. The molecule has 1 rings (SSSR count). The third-order valence-electron chi connectivity index (χ3n) is 3.99. The molecular formula is C12H25N3. The lowest BCUT2D eigenvalue weighted by atomic mass is 10.0. The van der Waals surface area contributed by atoms with Crippen molar-refractivity contribution in [3.05, 3.63) is 0 Å². The zero-order valence-electron chi connectivity index (χ0n) is 11.4. The SMILES string of the molecule is CN(C)C(=NC1C(C)(C)C1(C)C)N(C)C. The smallest absolute Gasteiger partial charge is 0.195 e. The van der Waals surface area contributed by atoms with Crippen molar-refractivity contribution < 1.29 is 0 Å². The Morgan fingerprint density at radius 2 is 1.20 bits per heavy atom. The van der Waals surface area contributed by atoms with Gasteiger partial charge in [-0.2, -0.15) is 0 Å². The van der Waals surface area contributed by atoms with Crippen molar-refractivity contribution >= 4 is 5.96 Å². The average molecular weight is 211 g/mol. The van der Waals surface area contributed by atoms with Crippen molar-refractivity contribution in [1.29, 1.82) is 0 Å². The van der Waals surface area contributed by atoms with Gasteiger partial charge in [0.1, 0.15) is 0 Å². The summed E-state index contributed by atoms with van der Waals surface area (Å²) < 4.78 is 0. The Kier molecular flexibility index (Phi) is 2.79. The Morgan fingerprint density at radius 3 is 1.40 bits per heavy atom. The van der Waals surface area contributed by atoms with E-state index < -0.39 is 0 Å². The third-order valence-corrected chi connectivity index (χ3v) is 3.99. The molecule has 3 nitrogen and oxygen atoms in total. The predicted octanol–water partition coefficient (Wildman–Crippen LogP) is 1.90. The molecule has 88 valence electrons. The summed E-state index contributed by atoms with van der Waals surface area (Å²) in [7, 11) is 8.17. The number of hydrogen-bond acceptors (Lipinski definition) is 1. The van der Waals surface area contributed by atoms with E-state index in [0.717, 1.165) is 5.96 Å². The zero-order chi connectivity index (χ0) is 12.0. The maximum absolute atomic E-state index is 4.86. The fourth-order valence-corrected chi connectivity index (χ4v) is 2.23. The van der Waals surface area contributed by atoms with E-state index >= 15 is 0 Å². The van der Waals surface area contributed by atoms with Crippen LogP contribution >= 0.6 is 0 Å². The summed E-state index contributed by atoms with van der Waals surface area (Å²) in [6.45, 7) is 9.18. The van der Waals surface area contributed by atoms with Crippen LogP contribution in [0.5, 0.6) is 0 Å². The molecule has 1 aliphatic carbocycles. The molecule has 1 saturated carbocycles. The van der Waals surface area contributed by atoms with Crippen LogP contribution in [0.2, 0.25) is 0 Å². The summed E-state index contributed by atoms with van der Waals surface area (Å²) in [4.78, 5) is 9.01. The Bertz CT molecular complexity index is 251. The minimum absolute atomic E-state index is 0.324. The second-order valence-corrected chi connectivity index (χ2v) is 6.06. The third kappa shape index (κ3) is 1.84. The predicted molar refractivity (Wildman–Crippen MR) is 66.2 cm³/mol. The van der Waals surface area contributed by atoms with Crippen LogP contribution in [0.15, 0.2) is 4.99 Å². The molecule has 1 aliphatic rings. The van der Waals surface area contributed by atoms with E-state index in [1.165, 1.54) is 0 Å². The maximum Gasteiger partial charge on any atom is 0.195 e. The van der Waals surface area contributed by atoms with Crippen molar-refractivity contribution in [2.24, 2.45) is 15.8 Å². The maximum atomic E-state index is 4.86. The molecule has 0 atom stereocenters. The first-order chi connectivity index (χ1) is 6.62. The van der Waals surface area contributed by atoms with E-state index in [9.17, 15) is 0 Å². The molecule has 0 radical (unpaired) electrons. The molecule has 0 aliphatic heterocycles. The van der Waals surface area contributed by atoms with Gasteiger partial charge in [-0.25, -0.2) is 4.99 Å². The Balaban J connectivity index is 2.89. The van der Waals surface area contributed by atoms with Gasteiger partial charge in [0.05, 0.1) is 6.04 Å². The van der Waals surface area contributed by atoms with Crippen LogP contribution in [0.25, 0.3) is 0 Å². The highest BCUT2D eigenvalue weighted by atomic mass is 15.3. The van der Waals surface area contributed by atoms with E-state index in [1.54, 1.807) is 0 Å². The van der Waals surface area contributed by atoms with Gasteiger partial charge in [0.2, 0.25) is 0 Å². The fraction of sp³-hybridized carbons (Fsp3) is 0.917. The van der Waals surface area contributed by atoms with Crippen molar-refractivity contribution in [1.82, 2.24) is 9.80 Å². The second kappa shape index (κ2) is 3.39. The van der Waals surface area contributed by atoms with Gasteiger partial charge in [0.25, 0.3) is 0 Å². The molecule has 0 saturated heterocycles. The van der Waals surface area contributed by atoms with Crippen LogP contribution in [0.4, 0.5) is 0 Å². The van der Waals surface area contributed by atoms with Crippen LogP contribution in [0.3, 0.4) is 0 Å². The molecule has 0 aromatic heterocycles. The molecule has 0 N–H and O–H groups in total. The van der Waals surface area contributed by atoms with Gasteiger partial charge in [0, 0.05) is 28.2 Å². The number of nitrogens with zero attached hydrogens (tertiary/aromatic N) is 3. The molecule has 1 fully saturated rings. The molecular weight excluding hydrogens is 186 g/mol. The van der Waals surface area contributed by atoms with Gasteiger partial charge in [-0.1, -0.05) is 27.7 Å². The molecule has 0 unspecified atom stereocenters. The van der Waals surface area contributed by atoms with Crippen LogP contribution in [-0.2, 0) is 0 Å². The van der Waals surface area contributed by atoms with Crippen molar-refractivity contribution in [2.45, 2.75) is 33.7 Å². The molecule has 3 heteroatoms. The number of aliphatic imine (C=N–C) groups is 1. The zero-order valence-corrected chi connectivity index (χ0v) is 11.4. The van der Waals surface area contributed by atoms with Gasteiger partial charge in [-0.3, -0.25) is 0 Å². The first-order valence-corrected chi connectivity index (χ1v) is 5.55. The van der Waals surface area contributed by atoms with Crippen molar-refractivity contribution in [3.63, 3.8) is 0 Å². The largest absolute Gasteiger partial charge is 0.349 e. The summed E-state index contributed by atoms with van der Waals surface area (Å²) >= 11 is 0. The van der Waals surface area contributed by atoms with Crippen LogP contribution in [0, 0.1) is 10.8 Å². The van der Waals surface area contributed by atoms with Gasteiger partial charge in [0.15, 0.2) is 5.96 Å². The summed E-state index contributed by atoms with van der Waals surface area (Å²) in [5.74, 6) is 1.05. The highest BCUT2D eigenvalue weighted by Gasteiger charge is 2.65. The summed E-state index contributed by atoms with van der Waals surface area (Å²) in [5.41, 5.74) is 0.647. The summed E-state index contributed by atoms with van der Waals surface area (Å²) in [5, 5.41) is 0. The van der Waals surface area contributed by atoms with E-state index in [0.29, 0.717) is 16.9 Å². The second-order valence-electron chi connectivity index (χ2n) is 6.06. The lowest BCUT2D eigenvalue weighted by Gasteiger charge is -2.23. The van der Waals surface area contributed by atoms with Gasteiger partial charge < -0.3 is 9.80 Å². The number of hydrogen-bond donors (Lipinski definition) is 0. The van der Waals surface area contributed by atoms with Gasteiger partial charge >= 0.3 is 0 Å². The lowest BCUT2D eigenvalue weighted by Crippen LogP contribution is -2.36. The molecule has 0 spiro atoms. The quantitative estimate of drug-likeness (QED) is 0.487. The molecule has 15 heavy (non-hydrogen) atoms. The molecule has 0 bridgehead atoms. The standard InChI is InChI=1S/C12H25N3/c1-11(2)9(12(11,3)4)13-10(14(5)6)15(7)8/h9H,1-8H3. The first-order valence-electron chi connectivity index (χ1n) is 5.55. The Hall–Kier alpha value is -0.730. The van der Waals surface area contributed by atoms with E-state index in [1.807, 2.05) is 28.2 Å². The number of rotatable bonds is 1. The van der Waals surface area contributed by atoms with Crippen LogP contribution in [-0.4, -0.2) is 50.0 Å². The van der Waals surface area contributed by atoms with Crippen molar-refractivity contribution in [3.8, 4) is 0 Å². The Morgan fingerprint density at radius 1 is 0.867 bits per heavy atom. The molecule has 0 aromatic carbocycles. The molecule has 0 aromatic rings. The van der Waals surface area contributed by atoms with Gasteiger partial charge in [-0.15, -0.1) is 0 Å². The van der Waals surface area contributed by atoms with Gasteiger partial charge in [-0.05, 0) is 10.8 Å². The Labute approximate surface area is 94.2 Å². The highest BCUT2D eigenvalue weighted by Crippen LogP contribution is 2.64. The summed E-state index contributed by atoms with van der Waals surface area (Å²) in [6.07, 6.45) is 0. The van der Waals surface area contributed by atoms with Crippen LogP contribution in [0.1, 0.15) is 27.7 Å². The topological polar surface area (TPSA) is 18.8 Å². The average Bonchev–Trinajstić information content (AvgIpc) is 2.38. The fourth-order valence-electron chi connectivity index (χ4n) is 2.23. The lowest BCUT2D eigenvalue weighted by molar-refractivity contribution is 0.457. The highest BCUT2D eigenvalue weighted by molar-refractivity contribution is 5.79.